The van der Waals surface area contributed by atoms with Gasteiger partial charge in [0.1, 0.15) is 17.8 Å². The van der Waals surface area contributed by atoms with Gasteiger partial charge < -0.3 is 9.84 Å². The van der Waals surface area contributed by atoms with E-state index < -0.39 is 12.0 Å². The van der Waals surface area contributed by atoms with E-state index in [-0.39, 0.29) is 11.6 Å². The summed E-state index contributed by atoms with van der Waals surface area (Å²) < 4.78 is 5.43. The molecule has 0 saturated heterocycles. The van der Waals surface area contributed by atoms with Gasteiger partial charge >= 0.3 is 6.09 Å². The van der Waals surface area contributed by atoms with E-state index >= 15 is 0 Å². The molecule has 21 heavy (non-hydrogen) atoms. The smallest absolute Gasteiger partial charge is 0.409 e. The molecule has 1 heterocycles. The Labute approximate surface area is 118 Å². The number of ether oxygens (including phenoxy) is 1. The maximum atomic E-state index is 11.3. The van der Waals surface area contributed by atoms with Crippen molar-refractivity contribution in [3.63, 3.8) is 0 Å². The molecule has 0 fully saturated rings. The molecule has 2 aromatic rings. The Morgan fingerprint density at radius 3 is 2.76 bits per heavy atom. The third kappa shape index (κ3) is 3.88. The van der Waals surface area contributed by atoms with Crippen molar-refractivity contribution in [1.29, 1.82) is 0 Å². The second kappa shape index (κ2) is 6.30. The molecule has 5 N–H and O–H groups in total. The van der Waals surface area contributed by atoms with Crippen molar-refractivity contribution in [3.05, 3.63) is 42.4 Å². The number of hydrazine groups is 1. The van der Waals surface area contributed by atoms with E-state index in [1.54, 1.807) is 18.2 Å². The van der Waals surface area contributed by atoms with Crippen molar-refractivity contribution < 1.29 is 19.4 Å². The van der Waals surface area contributed by atoms with Crippen LogP contribution in [0.1, 0.15) is 10.5 Å². The predicted octanol–water partition coefficient (Wildman–Crippen LogP) is 0.962. The number of nitrogens with one attached hydrogen (secondary N) is 2. The number of benzene rings is 1. The van der Waals surface area contributed by atoms with Crippen molar-refractivity contribution in [2.75, 3.05) is 5.32 Å². The van der Waals surface area contributed by atoms with Crippen LogP contribution in [0, 0.1) is 0 Å². The van der Waals surface area contributed by atoms with Crippen LogP contribution in [0.5, 0.6) is 11.6 Å². The molecule has 0 unspecified atom stereocenters. The maximum absolute atomic E-state index is 11.3. The van der Waals surface area contributed by atoms with Crippen LogP contribution in [0.3, 0.4) is 0 Å². The van der Waals surface area contributed by atoms with Crippen LogP contribution >= 0.6 is 0 Å². The number of aromatic nitrogens is 2. The van der Waals surface area contributed by atoms with Crippen LogP contribution in [0.4, 0.5) is 10.5 Å². The molecule has 0 atom stereocenters. The molecule has 9 nitrogen and oxygen atoms in total. The van der Waals surface area contributed by atoms with Gasteiger partial charge in [0.25, 0.3) is 5.91 Å². The average Bonchev–Trinajstić information content (AvgIpc) is 2.46. The van der Waals surface area contributed by atoms with Crippen LogP contribution in [-0.2, 0) is 0 Å². The van der Waals surface area contributed by atoms with Crippen molar-refractivity contribution in [2.24, 2.45) is 5.84 Å². The second-order valence-electron chi connectivity index (χ2n) is 3.77. The van der Waals surface area contributed by atoms with Crippen molar-refractivity contribution in [3.8, 4) is 11.6 Å². The number of nitrogen functional groups attached to an aromatic ring is 1. The van der Waals surface area contributed by atoms with Gasteiger partial charge in [0, 0.05) is 17.8 Å². The molecule has 0 aliphatic heterocycles. The summed E-state index contributed by atoms with van der Waals surface area (Å²) in [6, 6.07) is 7.56. The van der Waals surface area contributed by atoms with Gasteiger partial charge in [-0.25, -0.2) is 20.6 Å². The Hall–Kier alpha value is -3.20. The highest BCUT2D eigenvalue weighted by Gasteiger charge is 2.08. The fourth-order valence-electron chi connectivity index (χ4n) is 1.47. The SMILES string of the molecule is NNC(=O)c1cc(Oc2cccc(NC(=O)O)c2)ncn1. The highest BCUT2D eigenvalue weighted by atomic mass is 16.5. The Morgan fingerprint density at radius 2 is 2.05 bits per heavy atom. The molecular weight excluding hydrogens is 278 g/mol. The van der Waals surface area contributed by atoms with Crippen LogP contribution in [0.2, 0.25) is 0 Å². The van der Waals surface area contributed by atoms with Gasteiger partial charge in [0.05, 0.1) is 0 Å². The third-order valence-electron chi connectivity index (χ3n) is 2.31. The summed E-state index contributed by atoms with van der Waals surface area (Å²) in [5, 5.41) is 10.8. The van der Waals surface area contributed by atoms with Gasteiger partial charge in [-0.05, 0) is 12.1 Å². The Bertz CT molecular complexity index is 676. The van der Waals surface area contributed by atoms with Gasteiger partial charge in [-0.15, -0.1) is 0 Å². The second-order valence-corrected chi connectivity index (χ2v) is 3.77. The molecule has 0 bridgehead atoms. The normalized spacial score (nSPS) is 9.76. The van der Waals surface area contributed by atoms with E-state index in [2.05, 4.69) is 15.3 Å². The molecule has 9 heteroatoms. The molecule has 0 radical (unpaired) electrons. The first-order valence-electron chi connectivity index (χ1n) is 5.69. The number of carboxylic acid groups (broad SMARTS) is 1. The number of carbonyl (C=O) groups is 2. The lowest BCUT2D eigenvalue weighted by Crippen LogP contribution is -2.30. The average molecular weight is 289 g/mol. The predicted molar refractivity (Wildman–Crippen MR) is 71.8 cm³/mol. The fraction of sp³-hybridized carbons (Fsp3) is 0. The molecule has 0 spiro atoms. The number of carbonyl (C=O) groups excluding carboxylic acids is 1. The lowest BCUT2D eigenvalue weighted by atomic mass is 10.3. The molecular formula is C12H11N5O4. The van der Waals surface area contributed by atoms with Gasteiger partial charge in [-0.1, -0.05) is 6.07 Å². The molecule has 2 amide bonds. The van der Waals surface area contributed by atoms with Crippen molar-refractivity contribution >= 4 is 17.7 Å². The molecule has 0 aliphatic carbocycles. The zero-order valence-corrected chi connectivity index (χ0v) is 10.6. The number of hydrogen-bond acceptors (Lipinski definition) is 6. The minimum Gasteiger partial charge on any atom is -0.465 e. The molecule has 1 aromatic heterocycles. The van der Waals surface area contributed by atoms with Crippen LogP contribution in [0.25, 0.3) is 0 Å². The zero-order valence-electron chi connectivity index (χ0n) is 10.6. The first-order chi connectivity index (χ1) is 10.1. The van der Waals surface area contributed by atoms with E-state index in [1.165, 1.54) is 12.1 Å². The largest absolute Gasteiger partial charge is 0.465 e. The summed E-state index contributed by atoms with van der Waals surface area (Å²) in [7, 11) is 0. The van der Waals surface area contributed by atoms with Gasteiger partial charge in [-0.2, -0.15) is 0 Å². The lowest BCUT2D eigenvalue weighted by Gasteiger charge is -2.07. The van der Waals surface area contributed by atoms with E-state index in [1.807, 2.05) is 5.43 Å². The Morgan fingerprint density at radius 1 is 1.24 bits per heavy atom. The monoisotopic (exact) mass is 289 g/mol. The summed E-state index contributed by atoms with van der Waals surface area (Å²) >= 11 is 0. The summed E-state index contributed by atoms with van der Waals surface area (Å²) in [4.78, 5) is 29.5. The van der Waals surface area contributed by atoms with E-state index in [0.717, 1.165) is 6.33 Å². The van der Waals surface area contributed by atoms with E-state index in [4.69, 9.17) is 15.7 Å². The summed E-state index contributed by atoms with van der Waals surface area (Å²) in [6.07, 6.45) is -0.0321. The molecule has 1 aromatic carbocycles. The van der Waals surface area contributed by atoms with Crippen molar-refractivity contribution in [1.82, 2.24) is 15.4 Å². The van der Waals surface area contributed by atoms with Crippen molar-refractivity contribution in [2.45, 2.75) is 0 Å². The minimum absolute atomic E-state index is 0.0438. The van der Waals surface area contributed by atoms with E-state index in [9.17, 15) is 9.59 Å². The lowest BCUT2D eigenvalue weighted by molar-refractivity contribution is 0.0948. The van der Waals surface area contributed by atoms with Crippen LogP contribution in [-0.4, -0.2) is 27.1 Å². The molecule has 2 rings (SSSR count). The quantitative estimate of drug-likeness (QED) is 0.373. The number of rotatable bonds is 4. The summed E-state index contributed by atoms with van der Waals surface area (Å²) in [5.74, 6) is 4.90. The maximum Gasteiger partial charge on any atom is 0.409 e. The fourth-order valence-corrected chi connectivity index (χ4v) is 1.47. The summed E-state index contributed by atoms with van der Waals surface area (Å²) in [6.45, 7) is 0. The van der Waals surface area contributed by atoms with E-state index in [0.29, 0.717) is 11.4 Å². The first kappa shape index (κ1) is 14.2. The highest BCUT2D eigenvalue weighted by Crippen LogP contribution is 2.22. The van der Waals surface area contributed by atoms with Crippen LogP contribution in [0.15, 0.2) is 36.7 Å². The minimum atomic E-state index is -1.18. The highest BCUT2D eigenvalue weighted by molar-refractivity contribution is 5.91. The number of nitrogens with zero attached hydrogens (tertiary/aromatic N) is 2. The number of hydrogen-bond donors (Lipinski definition) is 4. The number of nitrogens with two attached hydrogens (primary N) is 1. The van der Waals surface area contributed by atoms with Crippen LogP contribution < -0.4 is 21.3 Å². The number of anilines is 1. The Balaban J connectivity index is 2.18. The van der Waals surface area contributed by atoms with Gasteiger partial charge in [0.2, 0.25) is 5.88 Å². The first-order valence-corrected chi connectivity index (χ1v) is 5.69. The topological polar surface area (TPSA) is 139 Å². The third-order valence-corrected chi connectivity index (χ3v) is 2.31. The van der Waals surface area contributed by atoms with Gasteiger partial charge in [-0.3, -0.25) is 15.5 Å². The molecule has 108 valence electrons. The standard InChI is InChI=1S/C12H11N5O4/c13-17-11(18)9-5-10(15-6-14-9)21-8-3-1-2-7(4-8)16-12(19)20/h1-6,16H,13H2,(H,17,18)(H,19,20). The molecule has 0 saturated carbocycles. The number of amides is 2. The molecule has 0 aliphatic rings. The summed E-state index contributed by atoms with van der Waals surface area (Å²) in [5.41, 5.74) is 2.33. The van der Waals surface area contributed by atoms with Gasteiger partial charge in [0.15, 0.2) is 0 Å². The zero-order chi connectivity index (χ0) is 15.2. The Kier molecular flexibility index (Phi) is 4.26.